The lowest BCUT2D eigenvalue weighted by Gasteiger charge is -2.13. The third kappa shape index (κ3) is 3.23. The highest BCUT2D eigenvalue weighted by molar-refractivity contribution is 4.79. The smallest absolute Gasteiger partial charge is 0.0621 e. The fraction of sp³-hybridized carbons (Fsp3) is 1.00. The maximum atomic E-state index is 5.89. The molecule has 3 nitrogen and oxygen atoms in total. The van der Waals surface area contributed by atoms with E-state index in [1.807, 2.05) is 0 Å². The van der Waals surface area contributed by atoms with Gasteiger partial charge in [-0.05, 0) is 25.3 Å². The van der Waals surface area contributed by atoms with Crippen molar-refractivity contribution >= 4 is 0 Å². The number of nitrogens with two attached hydrogens (primary N) is 1. The first-order valence-electron chi connectivity index (χ1n) is 5.90. The zero-order chi connectivity index (χ0) is 9.80. The van der Waals surface area contributed by atoms with E-state index in [0.29, 0.717) is 5.92 Å². The van der Waals surface area contributed by atoms with Gasteiger partial charge in [-0.25, -0.2) is 0 Å². The average molecular weight is 198 g/mol. The van der Waals surface area contributed by atoms with Crippen molar-refractivity contribution in [1.29, 1.82) is 0 Å². The van der Waals surface area contributed by atoms with E-state index >= 15 is 0 Å². The zero-order valence-corrected chi connectivity index (χ0v) is 8.87. The molecule has 1 saturated heterocycles. The van der Waals surface area contributed by atoms with Gasteiger partial charge in [0.25, 0.3) is 0 Å². The summed E-state index contributed by atoms with van der Waals surface area (Å²) < 4.78 is 5.31. The molecule has 2 fully saturated rings. The highest BCUT2D eigenvalue weighted by atomic mass is 16.5. The lowest BCUT2D eigenvalue weighted by molar-refractivity contribution is 0.184. The third-order valence-corrected chi connectivity index (χ3v) is 3.32. The van der Waals surface area contributed by atoms with Gasteiger partial charge in [0.15, 0.2) is 0 Å². The molecule has 1 aliphatic carbocycles. The van der Waals surface area contributed by atoms with Crippen LogP contribution in [0.5, 0.6) is 0 Å². The molecule has 0 aromatic carbocycles. The van der Waals surface area contributed by atoms with Crippen LogP contribution in [-0.4, -0.2) is 32.3 Å². The van der Waals surface area contributed by atoms with Crippen molar-refractivity contribution in [2.75, 3.05) is 26.3 Å². The molecule has 1 heterocycles. The summed E-state index contributed by atoms with van der Waals surface area (Å²) in [6, 6.07) is 0.255. The van der Waals surface area contributed by atoms with E-state index in [4.69, 9.17) is 10.5 Å². The summed E-state index contributed by atoms with van der Waals surface area (Å²) in [7, 11) is 0. The molecule has 3 heteroatoms. The molecule has 2 aliphatic rings. The Hall–Kier alpha value is -0.120. The van der Waals surface area contributed by atoms with Gasteiger partial charge < -0.3 is 15.8 Å². The second-order valence-electron chi connectivity index (χ2n) is 4.75. The van der Waals surface area contributed by atoms with Crippen LogP contribution >= 0.6 is 0 Å². The molecule has 14 heavy (non-hydrogen) atoms. The topological polar surface area (TPSA) is 47.3 Å². The van der Waals surface area contributed by atoms with Crippen molar-refractivity contribution < 1.29 is 4.74 Å². The van der Waals surface area contributed by atoms with Crippen LogP contribution in [0.25, 0.3) is 0 Å². The Balaban J connectivity index is 1.45. The molecule has 2 rings (SSSR count). The average Bonchev–Trinajstić information content (AvgIpc) is 2.91. The van der Waals surface area contributed by atoms with Crippen molar-refractivity contribution in [3.63, 3.8) is 0 Å². The van der Waals surface area contributed by atoms with E-state index in [1.54, 1.807) is 0 Å². The van der Waals surface area contributed by atoms with Crippen LogP contribution in [0.3, 0.4) is 0 Å². The molecule has 0 aromatic rings. The van der Waals surface area contributed by atoms with E-state index in [9.17, 15) is 0 Å². The normalized spacial score (nSPS) is 32.4. The fourth-order valence-electron chi connectivity index (χ4n) is 2.04. The SMILES string of the molecule is NC1COCC1CNCCCC1CC1. The highest BCUT2D eigenvalue weighted by Gasteiger charge is 2.24. The second kappa shape index (κ2) is 5.10. The molecule has 2 unspecified atom stereocenters. The minimum atomic E-state index is 0.255. The summed E-state index contributed by atoms with van der Waals surface area (Å²) >= 11 is 0. The molecule has 1 aliphatic heterocycles. The predicted octanol–water partition coefficient (Wildman–Crippen LogP) is 0.740. The molecule has 0 radical (unpaired) electrons. The van der Waals surface area contributed by atoms with Crippen molar-refractivity contribution in [1.82, 2.24) is 5.32 Å². The van der Waals surface area contributed by atoms with Gasteiger partial charge in [-0.2, -0.15) is 0 Å². The monoisotopic (exact) mass is 198 g/mol. The van der Waals surface area contributed by atoms with Crippen LogP contribution in [0.15, 0.2) is 0 Å². The Bertz CT molecular complexity index is 171. The molecule has 0 amide bonds. The number of hydrogen-bond donors (Lipinski definition) is 2. The van der Waals surface area contributed by atoms with Gasteiger partial charge >= 0.3 is 0 Å². The van der Waals surface area contributed by atoms with Gasteiger partial charge in [0.05, 0.1) is 13.2 Å². The zero-order valence-electron chi connectivity index (χ0n) is 8.87. The molecular formula is C11H22N2O. The highest BCUT2D eigenvalue weighted by Crippen LogP contribution is 2.33. The molecule has 0 aromatic heterocycles. The number of nitrogens with one attached hydrogen (secondary N) is 1. The van der Waals surface area contributed by atoms with E-state index in [2.05, 4.69) is 5.32 Å². The summed E-state index contributed by atoms with van der Waals surface area (Å²) in [5.74, 6) is 1.60. The van der Waals surface area contributed by atoms with Gasteiger partial charge in [0.2, 0.25) is 0 Å². The fourth-order valence-corrected chi connectivity index (χ4v) is 2.04. The number of rotatable bonds is 6. The first-order chi connectivity index (χ1) is 6.86. The number of ether oxygens (including phenoxy) is 1. The van der Waals surface area contributed by atoms with Gasteiger partial charge in [0.1, 0.15) is 0 Å². The van der Waals surface area contributed by atoms with Crippen LogP contribution in [0.4, 0.5) is 0 Å². The second-order valence-corrected chi connectivity index (χ2v) is 4.75. The van der Waals surface area contributed by atoms with Gasteiger partial charge in [0, 0.05) is 18.5 Å². The van der Waals surface area contributed by atoms with Gasteiger partial charge in [-0.15, -0.1) is 0 Å². The Kier molecular flexibility index (Phi) is 3.79. The largest absolute Gasteiger partial charge is 0.379 e. The van der Waals surface area contributed by atoms with E-state index in [0.717, 1.165) is 32.2 Å². The Morgan fingerprint density at radius 2 is 2.14 bits per heavy atom. The quantitative estimate of drug-likeness (QED) is 0.619. The first-order valence-corrected chi connectivity index (χ1v) is 5.90. The Morgan fingerprint density at radius 1 is 1.29 bits per heavy atom. The number of hydrogen-bond acceptors (Lipinski definition) is 3. The lowest BCUT2D eigenvalue weighted by atomic mass is 10.1. The molecule has 0 bridgehead atoms. The molecule has 0 spiro atoms. The van der Waals surface area contributed by atoms with E-state index in [-0.39, 0.29) is 6.04 Å². The first kappa shape index (κ1) is 10.4. The lowest BCUT2D eigenvalue weighted by Crippen LogP contribution is -2.36. The van der Waals surface area contributed by atoms with Gasteiger partial charge in [-0.3, -0.25) is 0 Å². The maximum absolute atomic E-state index is 5.89. The van der Waals surface area contributed by atoms with Crippen LogP contribution in [0.1, 0.15) is 25.7 Å². The molecule has 2 atom stereocenters. The van der Waals surface area contributed by atoms with Crippen molar-refractivity contribution in [2.45, 2.75) is 31.7 Å². The molecular weight excluding hydrogens is 176 g/mol. The van der Waals surface area contributed by atoms with Crippen molar-refractivity contribution in [3.8, 4) is 0 Å². The summed E-state index contributed by atoms with van der Waals surface area (Å²) in [5, 5.41) is 3.48. The van der Waals surface area contributed by atoms with Crippen LogP contribution in [0.2, 0.25) is 0 Å². The van der Waals surface area contributed by atoms with Crippen LogP contribution < -0.4 is 11.1 Å². The minimum absolute atomic E-state index is 0.255. The maximum Gasteiger partial charge on any atom is 0.0621 e. The summed E-state index contributed by atoms with van der Waals surface area (Å²) in [4.78, 5) is 0. The Labute approximate surface area is 86.4 Å². The molecule has 3 N–H and O–H groups in total. The summed E-state index contributed by atoms with van der Waals surface area (Å²) in [6.45, 7) is 3.77. The summed E-state index contributed by atoms with van der Waals surface area (Å²) in [5.41, 5.74) is 5.89. The van der Waals surface area contributed by atoms with Crippen LogP contribution in [0, 0.1) is 11.8 Å². The Morgan fingerprint density at radius 3 is 2.79 bits per heavy atom. The summed E-state index contributed by atoms with van der Waals surface area (Å²) in [6.07, 6.45) is 5.69. The predicted molar refractivity (Wildman–Crippen MR) is 57.1 cm³/mol. The van der Waals surface area contributed by atoms with Crippen molar-refractivity contribution in [2.24, 2.45) is 17.6 Å². The third-order valence-electron chi connectivity index (χ3n) is 3.32. The standard InChI is InChI=1S/C11H22N2O/c12-11-8-14-7-10(11)6-13-5-1-2-9-3-4-9/h9-11,13H,1-8,12H2. The molecule has 82 valence electrons. The minimum Gasteiger partial charge on any atom is -0.379 e. The van der Waals surface area contributed by atoms with E-state index < -0.39 is 0 Å². The van der Waals surface area contributed by atoms with Crippen LogP contribution in [-0.2, 0) is 4.74 Å². The molecule has 1 saturated carbocycles. The van der Waals surface area contributed by atoms with E-state index in [1.165, 1.54) is 25.7 Å². The van der Waals surface area contributed by atoms with Gasteiger partial charge in [-0.1, -0.05) is 12.8 Å². The van der Waals surface area contributed by atoms with Crippen molar-refractivity contribution in [3.05, 3.63) is 0 Å².